The van der Waals surface area contributed by atoms with Crippen LogP contribution in [0.25, 0.3) is 0 Å². The third kappa shape index (κ3) is 10.1. The lowest BCUT2D eigenvalue weighted by atomic mass is 10.1. The van der Waals surface area contributed by atoms with Gasteiger partial charge in [0.05, 0.1) is 23.8 Å². The maximum Gasteiger partial charge on any atom is 0.490 e. The first-order chi connectivity index (χ1) is 19.9. The van der Waals surface area contributed by atoms with Gasteiger partial charge in [-0.15, -0.1) is 0 Å². The molecule has 2 amide bonds. The summed E-state index contributed by atoms with van der Waals surface area (Å²) >= 11 is 0. The van der Waals surface area contributed by atoms with Crippen molar-refractivity contribution in [2.24, 2.45) is 0 Å². The molecule has 1 unspecified atom stereocenters. The molecule has 0 aromatic carbocycles. The Kier molecular flexibility index (Phi) is 11.3. The minimum absolute atomic E-state index is 0.0795. The number of carbonyl (C=O) groups is 4. The van der Waals surface area contributed by atoms with Gasteiger partial charge in [0, 0.05) is 37.9 Å². The Morgan fingerprint density at radius 3 is 2.12 bits per heavy atom. The molecule has 0 radical (unpaired) electrons. The van der Waals surface area contributed by atoms with Crippen LogP contribution in [0.1, 0.15) is 50.9 Å². The third-order valence-electron chi connectivity index (χ3n) is 5.49. The maximum atomic E-state index is 12.9. The predicted molar refractivity (Wildman–Crippen MR) is 133 cm³/mol. The highest BCUT2D eigenvalue weighted by molar-refractivity contribution is 5.94. The van der Waals surface area contributed by atoms with Gasteiger partial charge in [-0.05, 0) is 37.6 Å². The Balaban J connectivity index is 0.000000384. The van der Waals surface area contributed by atoms with Crippen molar-refractivity contribution in [3.8, 4) is 0 Å². The van der Waals surface area contributed by atoms with Gasteiger partial charge in [0.1, 0.15) is 11.5 Å². The minimum atomic E-state index is -5.08. The number of aliphatic carboxylic acids is 2. The summed E-state index contributed by atoms with van der Waals surface area (Å²) in [4.78, 5) is 57.8. The van der Waals surface area contributed by atoms with Crippen LogP contribution >= 0.6 is 0 Å². The van der Waals surface area contributed by atoms with Crippen molar-refractivity contribution in [1.82, 2.24) is 29.7 Å². The van der Waals surface area contributed by atoms with Crippen molar-refractivity contribution < 1.29 is 55.7 Å². The second-order valence-corrected chi connectivity index (χ2v) is 8.71. The fourth-order valence-electron chi connectivity index (χ4n) is 3.48. The molecule has 0 saturated heterocycles. The summed E-state index contributed by atoms with van der Waals surface area (Å²) in [7, 11) is 0. The fourth-order valence-corrected chi connectivity index (χ4v) is 3.48. The molecule has 1 aliphatic heterocycles. The van der Waals surface area contributed by atoms with Gasteiger partial charge in [-0.3, -0.25) is 19.6 Å². The van der Waals surface area contributed by atoms with Gasteiger partial charge in [0.2, 0.25) is 0 Å². The van der Waals surface area contributed by atoms with Gasteiger partial charge in [-0.25, -0.2) is 14.6 Å². The Bertz CT molecular complexity index is 1420. The van der Waals surface area contributed by atoms with Gasteiger partial charge in [0.25, 0.3) is 11.8 Å². The monoisotopic (exact) mass is 618 g/mol. The summed E-state index contributed by atoms with van der Waals surface area (Å²) in [5, 5.41) is 17.1. The Labute approximate surface area is 239 Å². The average Bonchev–Trinajstić information content (AvgIpc) is 3.37. The van der Waals surface area contributed by atoms with Gasteiger partial charge < -0.3 is 25.0 Å². The molecule has 1 aliphatic rings. The third-order valence-corrected chi connectivity index (χ3v) is 5.49. The summed E-state index contributed by atoms with van der Waals surface area (Å²) in [5.41, 5.74) is 2.62. The van der Waals surface area contributed by atoms with E-state index in [-0.39, 0.29) is 17.9 Å². The zero-order valence-electron chi connectivity index (χ0n) is 22.3. The van der Waals surface area contributed by atoms with Gasteiger partial charge >= 0.3 is 24.3 Å². The zero-order chi connectivity index (χ0) is 32.5. The molecule has 3 aromatic heterocycles. The quantitative estimate of drug-likeness (QED) is 0.371. The molecule has 4 heterocycles. The largest absolute Gasteiger partial charge is 0.490 e. The number of hydrogen-bond donors (Lipinski definition) is 3. The molecule has 18 heteroatoms. The highest BCUT2D eigenvalue weighted by Gasteiger charge is 2.39. The molecular formula is C25H24F6N6O6. The number of pyridine rings is 2. The number of carbonyl (C=O) groups excluding carboxylic acids is 2. The van der Waals surface area contributed by atoms with Gasteiger partial charge in [0.15, 0.2) is 0 Å². The maximum absolute atomic E-state index is 12.9. The Morgan fingerprint density at radius 1 is 1.00 bits per heavy atom. The molecule has 43 heavy (non-hydrogen) atoms. The highest BCUT2D eigenvalue weighted by atomic mass is 19.4. The number of carboxylic acid groups (broad SMARTS) is 2. The molecule has 3 N–H and O–H groups in total. The second-order valence-electron chi connectivity index (χ2n) is 8.71. The van der Waals surface area contributed by atoms with E-state index in [9.17, 15) is 35.9 Å². The van der Waals surface area contributed by atoms with E-state index in [0.717, 1.165) is 11.3 Å². The molecule has 1 atom stereocenters. The van der Waals surface area contributed by atoms with Crippen LogP contribution in [0.5, 0.6) is 0 Å². The van der Waals surface area contributed by atoms with Crippen molar-refractivity contribution in [2.45, 2.75) is 45.3 Å². The summed E-state index contributed by atoms with van der Waals surface area (Å²) < 4.78 is 65.4. The normalized spacial score (nSPS) is 14.2. The van der Waals surface area contributed by atoms with Crippen molar-refractivity contribution in [1.29, 1.82) is 0 Å². The first kappa shape index (κ1) is 34.2. The first-order valence-corrected chi connectivity index (χ1v) is 12.0. The number of rotatable bonds is 4. The summed E-state index contributed by atoms with van der Waals surface area (Å²) in [6.07, 6.45) is -3.43. The van der Waals surface area contributed by atoms with E-state index in [0.29, 0.717) is 36.7 Å². The van der Waals surface area contributed by atoms with E-state index < -0.39 is 24.3 Å². The second kappa shape index (κ2) is 14.2. The fraction of sp³-hybridized carbons (Fsp3) is 0.320. The minimum Gasteiger partial charge on any atom is -0.475 e. The number of fused-ring (bicyclic) bond motifs is 1. The van der Waals surface area contributed by atoms with Crippen LogP contribution in [0.2, 0.25) is 0 Å². The number of carboxylic acids is 2. The van der Waals surface area contributed by atoms with Crippen LogP contribution in [0.4, 0.5) is 26.3 Å². The van der Waals surface area contributed by atoms with Crippen LogP contribution in [0, 0.1) is 6.92 Å². The number of alkyl halides is 6. The zero-order valence-corrected chi connectivity index (χ0v) is 22.3. The molecular weight excluding hydrogens is 594 g/mol. The van der Waals surface area contributed by atoms with E-state index in [1.54, 1.807) is 29.7 Å². The van der Waals surface area contributed by atoms with Crippen LogP contribution in [0.3, 0.4) is 0 Å². The van der Waals surface area contributed by atoms with Crippen LogP contribution in [-0.4, -0.2) is 77.3 Å². The van der Waals surface area contributed by atoms with Crippen molar-refractivity contribution in [3.05, 3.63) is 77.4 Å². The number of hydrogen-bond acceptors (Lipinski definition) is 7. The van der Waals surface area contributed by atoms with Crippen molar-refractivity contribution in [2.75, 3.05) is 6.54 Å². The van der Waals surface area contributed by atoms with E-state index >= 15 is 0 Å². The summed E-state index contributed by atoms with van der Waals surface area (Å²) in [6, 6.07) is 7.15. The molecule has 0 spiro atoms. The van der Waals surface area contributed by atoms with Crippen molar-refractivity contribution in [3.63, 3.8) is 0 Å². The number of amides is 2. The molecule has 232 valence electrons. The van der Waals surface area contributed by atoms with E-state index in [4.69, 9.17) is 19.8 Å². The molecule has 0 bridgehead atoms. The average molecular weight is 618 g/mol. The van der Waals surface area contributed by atoms with Crippen LogP contribution in [0.15, 0.2) is 49.1 Å². The van der Waals surface area contributed by atoms with Crippen molar-refractivity contribution >= 4 is 23.8 Å². The topological polar surface area (TPSA) is 168 Å². The lowest BCUT2D eigenvalue weighted by molar-refractivity contribution is -0.193. The summed E-state index contributed by atoms with van der Waals surface area (Å²) in [6.45, 7) is 5.31. The number of imidazole rings is 1. The number of nitrogens with zero attached hydrogens (tertiary/aromatic N) is 5. The Hall–Kier alpha value is -5.03. The van der Waals surface area contributed by atoms with E-state index in [2.05, 4.69) is 20.3 Å². The lowest BCUT2D eigenvalue weighted by Crippen LogP contribution is -2.41. The van der Waals surface area contributed by atoms with Gasteiger partial charge in [-0.1, -0.05) is 6.07 Å². The molecule has 0 saturated carbocycles. The SMILES string of the molecule is Cc1cncc(C(=O)N2CCn3cc(C(=O)NCc4ccccn4)nc3C2C)c1.O=C(O)C(F)(F)F.O=C(O)C(F)(F)F. The smallest absolute Gasteiger partial charge is 0.475 e. The molecule has 0 fully saturated rings. The van der Waals surface area contributed by atoms with E-state index in [1.807, 2.05) is 42.7 Å². The summed E-state index contributed by atoms with van der Waals surface area (Å²) in [5.74, 6) is -5.15. The predicted octanol–water partition coefficient (Wildman–Crippen LogP) is 3.40. The highest BCUT2D eigenvalue weighted by Crippen LogP contribution is 2.26. The number of nitrogens with one attached hydrogen (secondary N) is 1. The molecule has 12 nitrogen and oxygen atoms in total. The number of halogens is 6. The van der Waals surface area contributed by atoms with E-state index in [1.165, 1.54) is 0 Å². The Morgan fingerprint density at radius 2 is 1.60 bits per heavy atom. The van der Waals surface area contributed by atoms with Gasteiger partial charge in [-0.2, -0.15) is 26.3 Å². The number of aromatic nitrogens is 4. The van der Waals surface area contributed by atoms with Crippen LogP contribution in [-0.2, 0) is 22.7 Å². The lowest BCUT2D eigenvalue weighted by Gasteiger charge is -2.33. The number of aryl methyl sites for hydroxylation is 1. The molecule has 4 rings (SSSR count). The molecule has 3 aromatic rings. The standard InChI is InChI=1S/C21H22N6O2.2C2HF3O2/c1-14-9-16(11-22-10-14)21(29)27-8-7-26-13-18(25-19(26)15(27)2)20(28)24-12-17-5-3-4-6-23-17;2*3-2(4,5)1(6)7/h3-6,9-11,13,15H,7-8,12H2,1-2H3,(H,24,28);2*(H,6,7). The first-order valence-electron chi connectivity index (χ1n) is 12.0. The molecule has 0 aliphatic carbocycles. The van der Waals surface area contributed by atoms with Crippen LogP contribution < -0.4 is 5.32 Å².